The Morgan fingerprint density at radius 3 is 2.62 bits per heavy atom. The van der Waals surface area contributed by atoms with Crippen LogP contribution in [-0.2, 0) is 6.42 Å². The summed E-state index contributed by atoms with van der Waals surface area (Å²) >= 11 is 0. The van der Waals surface area contributed by atoms with E-state index in [-0.39, 0.29) is 12.5 Å². The summed E-state index contributed by atoms with van der Waals surface area (Å²) in [6, 6.07) is 7.59. The molecule has 0 saturated carbocycles. The van der Waals surface area contributed by atoms with Crippen LogP contribution in [0.5, 0.6) is 11.6 Å². The second-order valence-corrected chi connectivity index (χ2v) is 5.24. The summed E-state index contributed by atoms with van der Waals surface area (Å²) in [5.74, 6) is 2.41. The van der Waals surface area contributed by atoms with Crippen molar-refractivity contribution in [3.63, 3.8) is 0 Å². The maximum Gasteiger partial charge on any atom is 0.227 e. The van der Waals surface area contributed by atoms with Crippen molar-refractivity contribution in [2.45, 2.75) is 33.1 Å². The lowest BCUT2D eigenvalue weighted by Gasteiger charge is -2.14. The van der Waals surface area contributed by atoms with Crippen molar-refractivity contribution in [3.05, 3.63) is 41.2 Å². The van der Waals surface area contributed by atoms with Gasteiger partial charge in [0, 0.05) is 12.5 Å². The lowest BCUT2D eigenvalue weighted by atomic mass is 10.1. The number of benzene rings is 1. The van der Waals surface area contributed by atoms with Gasteiger partial charge in [-0.25, -0.2) is 4.98 Å². The number of hydrogen-bond acceptors (Lipinski definition) is 5. The molecule has 0 aliphatic heterocycles. The molecule has 21 heavy (non-hydrogen) atoms. The predicted molar refractivity (Wildman–Crippen MR) is 82.6 cm³/mol. The first kappa shape index (κ1) is 15.3. The van der Waals surface area contributed by atoms with Gasteiger partial charge < -0.3 is 15.6 Å². The lowest BCUT2D eigenvalue weighted by Crippen LogP contribution is -2.07. The molecule has 5 nitrogen and oxygen atoms in total. The molecular weight excluding hydrogens is 266 g/mol. The summed E-state index contributed by atoms with van der Waals surface area (Å²) in [6.45, 7) is 5.92. The second kappa shape index (κ2) is 6.54. The van der Waals surface area contributed by atoms with Crippen LogP contribution in [0.1, 0.15) is 36.7 Å². The van der Waals surface area contributed by atoms with E-state index in [0.29, 0.717) is 29.7 Å². The van der Waals surface area contributed by atoms with E-state index in [2.05, 4.69) is 9.97 Å². The number of nitrogen functional groups attached to an aromatic ring is 1. The summed E-state index contributed by atoms with van der Waals surface area (Å²) in [6.07, 6.45) is 0.535. The Kier molecular flexibility index (Phi) is 4.75. The van der Waals surface area contributed by atoms with Crippen molar-refractivity contribution in [2.75, 3.05) is 12.3 Å². The third-order valence-corrected chi connectivity index (χ3v) is 3.23. The largest absolute Gasteiger partial charge is 0.438 e. The third kappa shape index (κ3) is 3.49. The van der Waals surface area contributed by atoms with Gasteiger partial charge in [-0.15, -0.1) is 0 Å². The maximum atomic E-state index is 9.12. The Morgan fingerprint density at radius 1 is 1.24 bits per heavy atom. The molecule has 0 bridgehead atoms. The Hall–Kier alpha value is -2.14. The van der Waals surface area contributed by atoms with Gasteiger partial charge in [-0.1, -0.05) is 32.0 Å². The fourth-order valence-electron chi connectivity index (χ4n) is 1.92. The normalized spacial score (nSPS) is 10.9. The molecule has 0 atom stereocenters. The molecule has 1 heterocycles. The van der Waals surface area contributed by atoms with E-state index < -0.39 is 0 Å². The number of aliphatic hydroxyl groups excluding tert-OH is 1. The zero-order chi connectivity index (χ0) is 15.4. The van der Waals surface area contributed by atoms with Gasteiger partial charge in [0.1, 0.15) is 17.4 Å². The van der Waals surface area contributed by atoms with Crippen LogP contribution in [-0.4, -0.2) is 21.7 Å². The van der Waals surface area contributed by atoms with Crippen molar-refractivity contribution in [1.82, 2.24) is 9.97 Å². The third-order valence-electron chi connectivity index (χ3n) is 3.23. The van der Waals surface area contributed by atoms with Gasteiger partial charge in [-0.2, -0.15) is 4.98 Å². The first-order valence-corrected chi connectivity index (χ1v) is 7.03. The number of ether oxygens (including phenoxy) is 1. The number of hydrogen-bond donors (Lipinski definition) is 2. The smallest absolute Gasteiger partial charge is 0.227 e. The van der Waals surface area contributed by atoms with E-state index in [4.69, 9.17) is 15.6 Å². The Morgan fingerprint density at radius 2 is 1.95 bits per heavy atom. The molecule has 0 saturated heterocycles. The monoisotopic (exact) mass is 287 g/mol. The molecule has 0 fully saturated rings. The summed E-state index contributed by atoms with van der Waals surface area (Å²) in [5, 5.41) is 9.12. The molecule has 0 aliphatic rings. The number of rotatable bonds is 5. The van der Waals surface area contributed by atoms with Gasteiger partial charge in [-0.3, -0.25) is 0 Å². The molecule has 2 aromatic rings. The molecule has 0 amide bonds. The van der Waals surface area contributed by atoms with Crippen LogP contribution >= 0.6 is 0 Å². The van der Waals surface area contributed by atoms with Gasteiger partial charge in [0.25, 0.3) is 0 Å². The van der Waals surface area contributed by atoms with Crippen molar-refractivity contribution in [3.8, 4) is 11.6 Å². The molecule has 5 heteroatoms. The van der Waals surface area contributed by atoms with Crippen LogP contribution in [0.2, 0.25) is 0 Å². The highest BCUT2D eigenvalue weighted by atomic mass is 16.5. The second-order valence-electron chi connectivity index (χ2n) is 5.24. The van der Waals surface area contributed by atoms with Crippen molar-refractivity contribution in [2.24, 2.45) is 0 Å². The molecule has 0 unspecified atom stereocenters. The molecule has 0 radical (unpaired) electrons. The summed E-state index contributed by atoms with van der Waals surface area (Å²) in [4.78, 5) is 8.73. The van der Waals surface area contributed by atoms with E-state index in [1.54, 1.807) is 0 Å². The van der Waals surface area contributed by atoms with E-state index >= 15 is 0 Å². The first-order valence-electron chi connectivity index (χ1n) is 7.03. The standard InChI is InChI=1S/C16H21N3O2/c1-10(2)15-18-14(17)11(3)16(19-15)21-13-7-5-4-6-12(13)8-9-20/h4-7,10,20H,8-9H2,1-3H3,(H2,17,18,19). The Balaban J connectivity index is 2.39. The average Bonchev–Trinajstić information content (AvgIpc) is 2.45. The van der Waals surface area contributed by atoms with Gasteiger partial charge in [0.15, 0.2) is 0 Å². The van der Waals surface area contributed by atoms with Crippen LogP contribution in [0.15, 0.2) is 24.3 Å². The molecule has 3 N–H and O–H groups in total. The van der Waals surface area contributed by atoms with E-state index in [9.17, 15) is 0 Å². The number of para-hydroxylation sites is 1. The number of aliphatic hydroxyl groups is 1. The molecule has 1 aromatic heterocycles. The van der Waals surface area contributed by atoms with Crippen molar-refractivity contribution in [1.29, 1.82) is 0 Å². The van der Waals surface area contributed by atoms with Crippen LogP contribution in [0.4, 0.5) is 5.82 Å². The molecule has 112 valence electrons. The van der Waals surface area contributed by atoms with E-state index in [1.165, 1.54) is 0 Å². The Bertz CT molecular complexity index is 627. The van der Waals surface area contributed by atoms with Gasteiger partial charge in [0.2, 0.25) is 5.88 Å². The van der Waals surface area contributed by atoms with E-state index in [1.807, 2.05) is 45.0 Å². The molecule has 1 aromatic carbocycles. The number of anilines is 1. The highest BCUT2D eigenvalue weighted by Crippen LogP contribution is 2.29. The first-order chi connectivity index (χ1) is 10.0. The number of nitrogens with two attached hydrogens (primary N) is 1. The zero-order valence-corrected chi connectivity index (χ0v) is 12.6. The van der Waals surface area contributed by atoms with Crippen LogP contribution in [0.25, 0.3) is 0 Å². The average molecular weight is 287 g/mol. The zero-order valence-electron chi connectivity index (χ0n) is 12.6. The molecule has 0 aliphatic carbocycles. The summed E-state index contributed by atoms with van der Waals surface area (Å²) in [7, 11) is 0. The minimum atomic E-state index is 0.0719. The lowest BCUT2D eigenvalue weighted by molar-refractivity contribution is 0.297. The molecule has 2 rings (SSSR count). The SMILES string of the molecule is Cc1c(N)nc(C(C)C)nc1Oc1ccccc1CCO. The fraction of sp³-hybridized carbons (Fsp3) is 0.375. The predicted octanol–water partition coefficient (Wildman–Crippen LogP) is 2.82. The van der Waals surface area contributed by atoms with Crippen LogP contribution in [0, 0.1) is 6.92 Å². The highest BCUT2D eigenvalue weighted by molar-refractivity contribution is 5.47. The molecular formula is C16H21N3O2. The fourth-order valence-corrected chi connectivity index (χ4v) is 1.92. The Labute approximate surface area is 124 Å². The van der Waals surface area contributed by atoms with Gasteiger partial charge >= 0.3 is 0 Å². The van der Waals surface area contributed by atoms with Crippen molar-refractivity contribution >= 4 is 5.82 Å². The van der Waals surface area contributed by atoms with Gasteiger partial charge in [-0.05, 0) is 25.0 Å². The minimum absolute atomic E-state index is 0.0719. The molecule has 0 spiro atoms. The van der Waals surface area contributed by atoms with Crippen molar-refractivity contribution < 1.29 is 9.84 Å². The summed E-state index contributed by atoms with van der Waals surface area (Å²) in [5.41, 5.74) is 7.59. The van der Waals surface area contributed by atoms with Crippen LogP contribution < -0.4 is 10.5 Å². The van der Waals surface area contributed by atoms with Gasteiger partial charge in [0.05, 0.1) is 5.56 Å². The number of aromatic nitrogens is 2. The maximum absolute atomic E-state index is 9.12. The highest BCUT2D eigenvalue weighted by Gasteiger charge is 2.14. The van der Waals surface area contributed by atoms with E-state index in [0.717, 1.165) is 11.1 Å². The quantitative estimate of drug-likeness (QED) is 0.883. The minimum Gasteiger partial charge on any atom is -0.438 e. The number of nitrogens with zero attached hydrogens (tertiary/aromatic N) is 2. The summed E-state index contributed by atoms with van der Waals surface area (Å²) < 4.78 is 5.92. The van der Waals surface area contributed by atoms with Crippen LogP contribution in [0.3, 0.4) is 0 Å². The topological polar surface area (TPSA) is 81.3 Å².